The van der Waals surface area contributed by atoms with Crippen LogP contribution in [0.2, 0.25) is 0 Å². The van der Waals surface area contributed by atoms with Gasteiger partial charge >= 0.3 is 5.97 Å². The first kappa shape index (κ1) is 25.6. The predicted molar refractivity (Wildman–Crippen MR) is 148 cm³/mol. The number of nitrogens with zero attached hydrogens (tertiary/aromatic N) is 2. The van der Waals surface area contributed by atoms with Gasteiger partial charge in [0.1, 0.15) is 12.4 Å². The van der Waals surface area contributed by atoms with E-state index in [4.69, 9.17) is 14.8 Å². The molecule has 1 N–H and O–H groups in total. The van der Waals surface area contributed by atoms with Gasteiger partial charge in [-0.1, -0.05) is 62.8 Å². The number of benzene rings is 2. The van der Waals surface area contributed by atoms with E-state index >= 15 is 0 Å². The maximum absolute atomic E-state index is 13.6. The van der Waals surface area contributed by atoms with Crippen molar-refractivity contribution in [2.24, 2.45) is 4.99 Å². The molecule has 2 saturated carbocycles. The monoisotopic (exact) mass is 518 g/mol. The molecular weight excluding hydrogens is 484 g/mol. The van der Waals surface area contributed by atoms with Crippen molar-refractivity contribution in [3.8, 4) is 5.75 Å². The highest BCUT2D eigenvalue weighted by Gasteiger charge is 2.39. The van der Waals surface area contributed by atoms with Gasteiger partial charge in [-0.2, -0.15) is 0 Å². The number of carboxylic acids is 1. The molecular formula is C30H34N2O4S. The Morgan fingerprint density at radius 3 is 2.41 bits per heavy atom. The number of aliphatic imine (C=N–C) groups is 1. The molecule has 6 nitrogen and oxygen atoms in total. The zero-order valence-corrected chi connectivity index (χ0v) is 21.9. The second kappa shape index (κ2) is 12.0. The smallest absolute Gasteiger partial charge is 0.335 e. The van der Waals surface area contributed by atoms with Gasteiger partial charge in [-0.25, -0.2) is 4.79 Å². The molecule has 3 aliphatic rings. The molecule has 194 valence electrons. The minimum absolute atomic E-state index is 0.0881. The normalized spacial score (nSPS) is 21.6. The second-order valence-electron chi connectivity index (χ2n) is 10.1. The third-order valence-corrected chi connectivity index (χ3v) is 8.40. The number of rotatable bonds is 7. The van der Waals surface area contributed by atoms with Crippen LogP contribution in [0.5, 0.6) is 5.75 Å². The number of carbonyl (C=O) groups is 2. The molecule has 1 aliphatic heterocycles. The molecule has 0 aromatic heterocycles. The topological polar surface area (TPSA) is 79.2 Å². The third-order valence-electron chi connectivity index (χ3n) is 7.40. The van der Waals surface area contributed by atoms with Crippen LogP contribution in [0.1, 0.15) is 85.7 Å². The number of carbonyl (C=O) groups excluding carboxylic acids is 1. The maximum Gasteiger partial charge on any atom is 0.335 e. The number of hydrogen-bond acceptors (Lipinski definition) is 5. The molecule has 2 aromatic carbocycles. The first-order valence-electron chi connectivity index (χ1n) is 13.4. The summed E-state index contributed by atoms with van der Waals surface area (Å²) in [6.07, 6.45) is 13.7. The molecule has 0 atom stereocenters. The van der Waals surface area contributed by atoms with Gasteiger partial charge < -0.3 is 9.84 Å². The van der Waals surface area contributed by atoms with Crippen molar-refractivity contribution in [3.05, 3.63) is 70.1 Å². The quantitative estimate of drug-likeness (QED) is 0.403. The van der Waals surface area contributed by atoms with Crippen molar-refractivity contribution in [1.29, 1.82) is 0 Å². The van der Waals surface area contributed by atoms with Crippen LogP contribution < -0.4 is 4.74 Å². The molecule has 0 radical (unpaired) electrons. The summed E-state index contributed by atoms with van der Waals surface area (Å²) in [7, 11) is 0. The van der Waals surface area contributed by atoms with Gasteiger partial charge in [-0.3, -0.25) is 14.7 Å². The van der Waals surface area contributed by atoms with Crippen molar-refractivity contribution >= 4 is 34.9 Å². The van der Waals surface area contributed by atoms with Crippen LogP contribution in [-0.4, -0.2) is 39.1 Å². The van der Waals surface area contributed by atoms with Gasteiger partial charge in [0.25, 0.3) is 5.91 Å². The Morgan fingerprint density at radius 2 is 1.70 bits per heavy atom. The lowest BCUT2D eigenvalue weighted by atomic mass is 9.94. The van der Waals surface area contributed by atoms with E-state index in [1.54, 1.807) is 18.2 Å². The van der Waals surface area contributed by atoms with Crippen LogP contribution >= 0.6 is 11.8 Å². The molecule has 2 aliphatic carbocycles. The first-order valence-corrected chi connectivity index (χ1v) is 14.2. The molecule has 0 unspecified atom stereocenters. The number of ether oxygens (including phenoxy) is 1. The van der Waals surface area contributed by atoms with Crippen molar-refractivity contribution < 1.29 is 19.4 Å². The van der Waals surface area contributed by atoms with Crippen LogP contribution in [0.3, 0.4) is 0 Å². The molecule has 3 fully saturated rings. The van der Waals surface area contributed by atoms with Gasteiger partial charge in [0, 0.05) is 6.04 Å². The average molecular weight is 519 g/mol. The van der Waals surface area contributed by atoms with Crippen LogP contribution in [0.25, 0.3) is 6.08 Å². The van der Waals surface area contributed by atoms with Gasteiger partial charge in [0.15, 0.2) is 5.17 Å². The molecule has 1 saturated heterocycles. The van der Waals surface area contributed by atoms with E-state index in [9.17, 15) is 9.59 Å². The lowest BCUT2D eigenvalue weighted by Gasteiger charge is -2.31. The van der Waals surface area contributed by atoms with Gasteiger partial charge in [-0.05, 0) is 78.9 Å². The molecule has 2 aromatic rings. The summed E-state index contributed by atoms with van der Waals surface area (Å²) in [6, 6.07) is 15.0. The molecule has 7 heteroatoms. The maximum atomic E-state index is 13.6. The van der Waals surface area contributed by atoms with Crippen molar-refractivity contribution in [1.82, 2.24) is 4.90 Å². The Hall–Kier alpha value is -3.06. The third kappa shape index (κ3) is 6.45. The first-order chi connectivity index (χ1) is 18.1. The van der Waals surface area contributed by atoms with Gasteiger partial charge in [0.2, 0.25) is 0 Å². The fourth-order valence-electron chi connectivity index (χ4n) is 5.38. The summed E-state index contributed by atoms with van der Waals surface area (Å²) < 4.78 is 5.86. The number of amidine groups is 1. The summed E-state index contributed by atoms with van der Waals surface area (Å²) in [5.74, 6) is -0.172. The fourth-order valence-corrected chi connectivity index (χ4v) is 6.49. The minimum atomic E-state index is -0.951. The standard InChI is InChI=1S/C30H34N2O4S/c33-28-27(37-30(31-24-10-3-1-4-11-24)32(28)25-12-5-2-6-13-25)19-21-14-16-26(17-15-21)36-20-22-8-7-9-23(18-22)29(34)35/h7-9,14-19,24-25H,1-6,10-13,20H2,(H,34,35)/b27-19-,31-30?. The molecule has 0 spiro atoms. The molecule has 37 heavy (non-hydrogen) atoms. The number of thioether (sulfide) groups is 1. The number of hydrogen-bond donors (Lipinski definition) is 1. The summed E-state index contributed by atoms with van der Waals surface area (Å²) in [5, 5.41) is 10.1. The Bertz CT molecular complexity index is 1180. The van der Waals surface area contributed by atoms with Crippen LogP contribution in [0, 0.1) is 0 Å². The second-order valence-corrected chi connectivity index (χ2v) is 11.2. The van der Waals surface area contributed by atoms with E-state index in [1.807, 2.05) is 41.3 Å². The largest absolute Gasteiger partial charge is 0.489 e. The summed E-state index contributed by atoms with van der Waals surface area (Å²) >= 11 is 1.53. The zero-order valence-electron chi connectivity index (χ0n) is 21.1. The predicted octanol–water partition coefficient (Wildman–Crippen LogP) is 6.90. The highest BCUT2D eigenvalue weighted by Crippen LogP contribution is 2.38. The summed E-state index contributed by atoms with van der Waals surface area (Å²) in [5.41, 5.74) is 1.99. The van der Waals surface area contributed by atoms with Crippen LogP contribution in [-0.2, 0) is 11.4 Å². The molecule has 1 heterocycles. The number of aromatic carboxylic acids is 1. The fraction of sp³-hybridized carbons (Fsp3) is 0.433. The Balaban J connectivity index is 1.29. The Labute approximate surface area is 222 Å². The van der Waals surface area contributed by atoms with Crippen LogP contribution in [0.15, 0.2) is 58.4 Å². The average Bonchev–Trinajstić information content (AvgIpc) is 3.23. The number of carboxylic acid groups (broad SMARTS) is 1. The van der Waals surface area contributed by atoms with Crippen LogP contribution in [0.4, 0.5) is 0 Å². The number of amides is 1. The van der Waals surface area contributed by atoms with Gasteiger partial charge in [-0.15, -0.1) is 0 Å². The molecule has 5 rings (SSSR count). The highest BCUT2D eigenvalue weighted by atomic mass is 32.2. The van der Waals surface area contributed by atoms with E-state index in [2.05, 4.69) is 0 Å². The lowest BCUT2D eigenvalue weighted by Crippen LogP contribution is -2.41. The van der Waals surface area contributed by atoms with Gasteiger partial charge in [0.05, 0.1) is 16.5 Å². The van der Waals surface area contributed by atoms with Crippen molar-refractivity contribution in [2.75, 3.05) is 0 Å². The van der Waals surface area contributed by atoms with E-state index in [-0.39, 0.29) is 24.1 Å². The van der Waals surface area contributed by atoms with E-state index in [0.717, 1.165) is 46.9 Å². The van der Waals surface area contributed by atoms with E-state index in [1.165, 1.54) is 50.3 Å². The zero-order chi connectivity index (χ0) is 25.6. The van der Waals surface area contributed by atoms with Crippen molar-refractivity contribution in [2.45, 2.75) is 82.9 Å². The molecule has 0 bridgehead atoms. The van der Waals surface area contributed by atoms with E-state index < -0.39 is 5.97 Å². The SMILES string of the molecule is O=C(O)c1cccc(COc2ccc(/C=C3\SC(=NC4CCCCC4)N(C4CCCCC4)C3=O)cc2)c1. The summed E-state index contributed by atoms with van der Waals surface area (Å²) in [6.45, 7) is 0.285. The minimum Gasteiger partial charge on any atom is -0.489 e. The van der Waals surface area contributed by atoms with E-state index in [0.29, 0.717) is 11.8 Å². The lowest BCUT2D eigenvalue weighted by molar-refractivity contribution is -0.124. The molecule has 1 amide bonds. The summed E-state index contributed by atoms with van der Waals surface area (Å²) in [4.78, 5) is 32.6. The highest BCUT2D eigenvalue weighted by molar-refractivity contribution is 8.18. The Morgan fingerprint density at radius 1 is 1.00 bits per heavy atom. The Kier molecular flexibility index (Phi) is 8.29. The van der Waals surface area contributed by atoms with Crippen molar-refractivity contribution in [3.63, 3.8) is 0 Å².